The average Bonchev–Trinajstić information content (AvgIpc) is 2.90. The molecule has 5 nitrogen and oxygen atoms in total. The molecule has 0 bridgehead atoms. The lowest BCUT2D eigenvalue weighted by atomic mass is 10.1. The van der Waals surface area contributed by atoms with Crippen LogP contribution in [-0.2, 0) is 27.9 Å². The molecule has 0 unspecified atom stereocenters. The highest BCUT2D eigenvalue weighted by molar-refractivity contribution is 7.92. The molecule has 0 aliphatic carbocycles. The van der Waals surface area contributed by atoms with E-state index in [9.17, 15) is 13.2 Å². The summed E-state index contributed by atoms with van der Waals surface area (Å²) in [6.07, 6.45) is 0. The first kappa shape index (κ1) is 15.8. The van der Waals surface area contributed by atoms with Gasteiger partial charge in [0.25, 0.3) is 10.0 Å². The van der Waals surface area contributed by atoms with Crippen molar-refractivity contribution in [2.75, 3.05) is 4.72 Å². The highest BCUT2D eigenvalue weighted by Crippen LogP contribution is 2.28. The molecule has 0 saturated carbocycles. The number of hydrogen-bond acceptors (Lipinski definition) is 3. The summed E-state index contributed by atoms with van der Waals surface area (Å²) in [7, 11) is -3.75. The van der Waals surface area contributed by atoms with Crippen LogP contribution in [0.15, 0.2) is 47.4 Å². The molecule has 0 atom stereocenters. The number of rotatable bonds is 3. The van der Waals surface area contributed by atoms with Crippen LogP contribution >= 0.6 is 11.6 Å². The van der Waals surface area contributed by atoms with Crippen LogP contribution in [0.25, 0.3) is 0 Å². The van der Waals surface area contributed by atoms with E-state index in [0.717, 1.165) is 11.1 Å². The third kappa shape index (κ3) is 3.18. The highest BCUT2D eigenvalue weighted by Gasteiger charge is 2.22. The van der Waals surface area contributed by atoms with Crippen LogP contribution in [0.5, 0.6) is 0 Å². The van der Waals surface area contributed by atoms with Gasteiger partial charge in [0.1, 0.15) is 4.90 Å². The van der Waals surface area contributed by atoms with Gasteiger partial charge in [-0.3, -0.25) is 9.52 Å². The van der Waals surface area contributed by atoms with Gasteiger partial charge in [-0.25, -0.2) is 8.42 Å². The van der Waals surface area contributed by atoms with Crippen molar-refractivity contribution in [2.24, 2.45) is 0 Å². The molecule has 0 aromatic heterocycles. The Bertz CT molecular complexity index is 881. The number of anilines is 1. The number of hydrogen-bond donors (Lipinski definition) is 1. The molecular formula is C16H15ClN2O3S. The third-order valence-electron chi connectivity index (χ3n) is 3.75. The summed E-state index contributed by atoms with van der Waals surface area (Å²) in [5.74, 6) is -0.000557. The molecule has 0 saturated heterocycles. The first-order chi connectivity index (χ1) is 10.9. The van der Waals surface area contributed by atoms with Crippen LogP contribution < -0.4 is 4.72 Å². The van der Waals surface area contributed by atoms with Gasteiger partial charge in [-0.15, -0.1) is 0 Å². The molecule has 3 rings (SSSR count). The van der Waals surface area contributed by atoms with E-state index in [1.165, 1.54) is 19.1 Å². The van der Waals surface area contributed by atoms with Gasteiger partial charge in [-0.1, -0.05) is 29.8 Å². The van der Waals surface area contributed by atoms with Crippen molar-refractivity contribution in [3.8, 4) is 0 Å². The topological polar surface area (TPSA) is 66.5 Å². The second-order valence-electron chi connectivity index (χ2n) is 5.39. The van der Waals surface area contributed by atoms with E-state index in [1.807, 2.05) is 6.07 Å². The predicted molar refractivity (Wildman–Crippen MR) is 88.6 cm³/mol. The van der Waals surface area contributed by atoms with Crippen molar-refractivity contribution < 1.29 is 13.2 Å². The number of benzene rings is 2. The van der Waals surface area contributed by atoms with Crippen LogP contribution in [0.4, 0.5) is 5.69 Å². The summed E-state index contributed by atoms with van der Waals surface area (Å²) >= 11 is 5.96. The van der Waals surface area contributed by atoms with Crippen molar-refractivity contribution in [3.05, 3.63) is 58.6 Å². The Kier molecular flexibility index (Phi) is 4.04. The van der Waals surface area contributed by atoms with Crippen LogP contribution in [0.1, 0.15) is 18.1 Å². The second kappa shape index (κ2) is 5.86. The Balaban J connectivity index is 1.87. The standard InChI is InChI=1S/C16H15ClN2O3S/c1-11(20)19-9-12-6-7-14(8-13(12)10-19)18-23(21,22)16-5-3-2-4-15(16)17/h2-8,18H,9-10H2,1H3. The van der Waals surface area contributed by atoms with E-state index < -0.39 is 10.0 Å². The summed E-state index contributed by atoms with van der Waals surface area (Å²) in [4.78, 5) is 13.2. The summed E-state index contributed by atoms with van der Waals surface area (Å²) in [5, 5.41) is 0.170. The molecule has 1 N–H and O–H groups in total. The Morgan fingerprint density at radius 1 is 1.13 bits per heavy atom. The van der Waals surface area contributed by atoms with Crippen molar-refractivity contribution >= 4 is 33.2 Å². The van der Waals surface area contributed by atoms with Crippen LogP contribution in [0, 0.1) is 0 Å². The van der Waals surface area contributed by atoms with E-state index in [4.69, 9.17) is 11.6 Å². The molecule has 2 aromatic rings. The number of sulfonamides is 1. The molecular weight excluding hydrogens is 336 g/mol. The van der Waals surface area contributed by atoms with Gasteiger partial charge in [0, 0.05) is 25.7 Å². The van der Waals surface area contributed by atoms with Crippen molar-refractivity contribution in [3.63, 3.8) is 0 Å². The Hall–Kier alpha value is -2.05. The summed E-state index contributed by atoms with van der Waals surface area (Å²) < 4.78 is 27.4. The zero-order valence-electron chi connectivity index (χ0n) is 12.4. The first-order valence-electron chi connectivity index (χ1n) is 7.01. The summed E-state index contributed by atoms with van der Waals surface area (Å²) in [6, 6.07) is 11.6. The van der Waals surface area contributed by atoms with Crippen LogP contribution in [0.3, 0.4) is 0 Å². The van der Waals surface area contributed by atoms with Crippen molar-refractivity contribution in [1.29, 1.82) is 0 Å². The molecule has 1 aliphatic heterocycles. The molecule has 23 heavy (non-hydrogen) atoms. The largest absolute Gasteiger partial charge is 0.334 e. The van der Waals surface area contributed by atoms with Gasteiger partial charge < -0.3 is 4.90 Å². The van der Waals surface area contributed by atoms with Gasteiger partial charge in [0.2, 0.25) is 5.91 Å². The molecule has 2 aromatic carbocycles. The lowest BCUT2D eigenvalue weighted by molar-refractivity contribution is -0.129. The Morgan fingerprint density at radius 3 is 2.52 bits per heavy atom. The van der Waals surface area contributed by atoms with Gasteiger partial charge in [0.15, 0.2) is 0 Å². The number of nitrogens with zero attached hydrogens (tertiary/aromatic N) is 1. The molecule has 1 heterocycles. The highest BCUT2D eigenvalue weighted by atomic mass is 35.5. The van der Waals surface area contributed by atoms with Gasteiger partial charge in [-0.2, -0.15) is 0 Å². The summed E-state index contributed by atoms with van der Waals surface area (Å²) in [5.41, 5.74) is 2.43. The van der Waals surface area contributed by atoms with Crippen LogP contribution in [0.2, 0.25) is 5.02 Å². The number of amides is 1. The first-order valence-corrected chi connectivity index (χ1v) is 8.87. The SMILES string of the molecule is CC(=O)N1Cc2ccc(NS(=O)(=O)c3ccccc3Cl)cc2C1. The van der Waals surface area contributed by atoms with Gasteiger partial charge >= 0.3 is 0 Å². The van der Waals surface area contributed by atoms with Crippen LogP contribution in [-0.4, -0.2) is 19.2 Å². The van der Waals surface area contributed by atoms with E-state index in [-0.39, 0.29) is 15.8 Å². The fraction of sp³-hybridized carbons (Fsp3) is 0.188. The van der Waals surface area contributed by atoms with E-state index >= 15 is 0 Å². The number of carbonyl (C=O) groups is 1. The van der Waals surface area contributed by atoms with E-state index in [0.29, 0.717) is 18.8 Å². The minimum Gasteiger partial charge on any atom is -0.334 e. The fourth-order valence-corrected chi connectivity index (χ4v) is 4.12. The molecule has 120 valence electrons. The number of fused-ring (bicyclic) bond motifs is 1. The zero-order chi connectivity index (χ0) is 16.6. The summed E-state index contributed by atoms with van der Waals surface area (Å²) in [6.45, 7) is 2.57. The lowest BCUT2D eigenvalue weighted by Gasteiger charge is -2.11. The Labute approximate surface area is 139 Å². The van der Waals surface area contributed by atoms with E-state index in [1.54, 1.807) is 29.2 Å². The smallest absolute Gasteiger partial charge is 0.263 e. The predicted octanol–water partition coefficient (Wildman–Crippen LogP) is 3.00. The maximum Gasteiger partial charge on any atom is 0.263 e. The lowest BCUT2D eigenvalue weighted by Crippen LogP contribution is -2.21. The fourth-order valence-electron chi connectivity index (χ4n) is 2.55. The number of nitrogens with one attached hydrogen (secondary N) is 1. The quantitative estimate of drug-likeness (QED) is 0.925. The number of halogens is 1. The van der Waals surface area contributed by atoms with Crippen molar-refractivity contribution in [2.45, 2.75) is 24.9 Å². The maximum absolute atomic E-state index is 12.4. The molecule has 7 heteroatoms. The van der Waals surface area contributed by atoms with Crippen molar-refractivity contribution in [1.82, 2.24) is 4.90 Å². The van der Waals surface area contributed by atoms with Gasteiger partial charge in [0.05, 0.1) is 5.02 Å². The molecule has 0 fully saturated rings. The van der Waals surface area contributed by atoms with Gasteiger partial charge in [-0.05, 0) is 35.4 Å². The zero-order valence-corrected chi connectivity index (χ0v) is 14.0. The average molecular weight is 351 g/mol. The molecule has 1 aliphatic rings. The normalized spacial score (nSPS) is 13.7. The molecule has 1 amide bonds. The maximum atomic E-state index is 12.4. The Morgan fingerprint density at radius 2 is 1.83 bits per heavy atom. The number of carbonyl (C=O) groups excluding carboxylic acids is 1. The minimum absolute atomic E-state index is 0.000557. The monoisotopic (exact) mass is 350 g/mol. The van der Waals surface area contributed by atoms with E-state index in [2.05, 4.69) is 4.72 Å². The molecule has 0 spiro atoms. The third-order valence-corrected chi connectivity index (χ3v) is 5.63. The minimum atomic E-state index is -3.75. The second-order valence-corrected chi connectivity index (χ2v) is 7.45. The molecule has 0 radical (unpaired) electrons.